The summed E-state index contributed by atoms with van der Waals surface area (Å²) in [6.45, 7) is 4.71. The number of nitrogens with two attached hydrogens (primary N) is 3. The van der Waals surface area contributed by atoms with Crippen molar-refractivity contribution in [2.75, 3.05) is 11.5 Å². The number of rotatable bonds is 2. The zero-order valence-corrected chi connectivity index (χ0v) is 13.4. The molecule has 0 aromatic carbocycles. The van der Waals surface area contributed by atoms with Gasteiger partial charge in [-0.05, 0) is 11.8 Å². The maximum absolute atomic E-state index is 10.6. The van der Waals surface area contributed by atoms with E-state index in [4.69, 9.17) is 28.8 Å². The highest BCUT2D eigenvalue weighted by Gasteiger charge is 2.15. The second-order valence-corrected chi connectivity index (χ2v) is 6.00. The van der Waals surface area contributed by atoms with Crippen LogP contribution in [0.15, 0.2) is 0 Å². The summed E-state index contributed by atoms with van der Waals surface area (Å²) >= 11 is 5.47. The minimum Gasteiger partial charge on any atom is -0.382 e. The quantitative estimate of drug-likeness (QED) is 0.774. The number of anilines is 2. The van der Waals surface area contributed by atoms with E-state index in [0.717, 1.165) is 11.8 Å². The molecule has 1 heterocycles. The molecule has 1 aliphatic rings. The van der Waals surface area contributed by atoms with E-state index >= 15 is 0 Å². The zero-order valence-electron chi connectivity index (χ0n) is 12.6. The summed E-state index contributed by atoms with van der Waals surface area (Å²) in [5.74, 6) is 1.05. The van der Waals surface area contributed by atoms with Crippen LogP contribution < -0.4 is 17.2 Å². The molecule has 0 spiro atoms. The molecule has 0 bridgehead atoms. The van der Waals surface area contributed by atoms with Crippen LogP contribution in [0.3, 0.4) is 0 Å². The lowest BCUT2D eigenvalue weighted by molar-refractivity contribution is 0.0996. The maximum atomic E-state index is 10.6. The van der Waals surface area contributed by atoms with Gasteiger partial charge in [0.2, 0.25) is 0 Å². The number of nitrogen functional groups attached to an aromatic ring is 2. The molecule has 21 heavy (non-hydrogen) atoms. The van der Waals surface area contributed by atoms with E-state index < -0.39 is 5.91 Å². The SMILES string of the molecule is CC(C)C1CCCCC1.NC(=O)c1nc(Cl)c(N)nc1N. The molecule has 1 aromatic rings. The molecule has 7 heteroatoms. The van der Waals surface area contributed by atoms with Gasteiger partial charge in [0.05, 0.1) is 0 Å². The van der Waals surface area contributed by atoms with Gasteiger partial charge in [0, 0.05) is 0 Å². The Labute approximate surface area is 130 Å². The van der Waals surface area contributed by atoms with Crippen LogP contribution in [0.25, 0.3) is 0 Å². The predicted octanol–water partition coefficient (Wildman–Crippen LogP) is 2.62. The van der Waals surface area contributed by atoms with Gasteiger partial charge in [-0.2, -0.15) is 0 Å². The Morgan fingerprint density at radius 2 is 1.71 bits per heavy atom. The summed E-state index contributed by atoms with van der Waals surface area (Å²) in [4.78, 5) is 17.7. The molecule has 0 atom stereocenters. The Bertz CT molecular complexity index is 486. The number of hydrogen-bond acceptors (Lipinski definition) is 5. The molecule has 0 radical (unpaired) electrons. The van der Waals surface area contributed by atoms with Gasteiger partial charge in [0.1, 0.15) is 0 Å². The molecular weight excluding hydrogens is 290 g/mol. The van der Waals surface area contributed by atoms with Crippen LogP contribution in [-0.4, -0.2) is 15.9 Å². The first-order valence-electron chi connectivity index (χ1n) is 7.21. The average molecular weight is 314 g/mol. The first-order chi connectivity index (χ1) is 9.82. The van der Waals surface area contributed by atoms with Gasteiger partial charge in [-0.15, -0.1) is 0 Å². The van der Waals surface area contributed by atoms with Crippen LogP contribution in [0.4, 0.5) is 11.6 Å². The van der Waals surface area contributed by atoms with E-state index in [-0.39, 0.29) is 22.5 Å². The van der Waals surface area contributed by atoms with Gasteiger partial charge in [0.25, 0.3) is 5.91 Å². The highest BCUT2D eigenvalue weighted by Crippen LogP contribution is 2.29. The zero-order chi connectivity index (χ0) is 16.0. The van der Waals surface area contributed by atoms with Crippen LogP contribution in [0.5, 0.6) is 0 Å². The first-order valence-corrected chi connectivity index (χ1v) is 7.59. The second-order valence-electron chi connectivity index (χ2n) is 5.64. The summed E-state index contributed by atoms with van der Waals surface area (Å²) in [6.07, 6.45) is 7.46. The summed E-state index contributed by atoms with van der Waals surface area (Å²) in [7, 11) is 0. The summed E-state index contributed by atoms with van der Waals surface area (Å²) < 4.78 is 0. The van der Waals surface area contributed by atoms with Crippen molar-refractivity contribution in [3.8, 4) is 0 Å². The molecule has 6 nitrogen and oxygen atoms in total. The van der Waals surface area contributed by atoms with Crippen LogP contribution >= 0.6 is 11.6 Å². The highest BCUT2D eigenvalue weighted by atomic mass is 35.5. The molecule has 1 amide bonds. The minimum atomic E-state index is -0.790. The third-order valence-electron chi connectivity index (χ3n) is 3.73. The van der Waals surface area contributed by atoms with Crippen LogP contribution in [0, 0.1) is 11.8 Å². The van der Waals surface area contributed by atoms with Crippen molar-refractivity contribution in [2.45, 2.75) is 46.0 Å². The number of nitrogens with zero attached hydrogens (tertiary/aromatic N) is 2. The number of hydrogen-bond donors (Lipinski definition) is 3. The summed E-state index contributed by atoms with van der Waals surface area (Å²) in [6, 6.07) is 0. The monoisotopic (exact) mass is 313 g/mol. The van der Waals surface area contributed by atoms with Crippen molar-refractivity contribution in [1.82, 2.24) is 9.97 Å². The van der Waals surface area contributed by atoms with Gasteiger partial charge >= 0.3 is 0 Å². The van der Waals surface area contributed by atoms with E-state index in [1.165, 1.54) is 32.1 Å². The Balaban J connectivity index is 0.000000219. The van der Waals surface area contributed by atoms with E-state index in [1.54, 1.807) is 0 Å². The molecule has 0 unspecified atom stereocenters. The molecule has 118 valence electrons. The molecule has 2 rings (SSSR count). The van der Waals surface area contributed by atoms with Gasteiger partial charge in [0.15, 0.2) is 22.5 Å². The molecular formula is C14H24ClN5O. The Hall–Kier alpha value is -1.56. The molecule has 6 N–H and O–H groups in total. The van der Waals surface area contributed by atoms with Crippen molar-refractivity contribution in [2.24, 2.45) is 17.6 Å². The number of primary amides is 1. The fraction of sp³-hybridized carbons (Fsp3) is 0.643. The van der Waals surface area contributed by atoms with Crippen LogP contribution in [0.1, 0.15) is 56.4 Å². The number of carbonyl (C=O) groups is 1. The van der Waals surface area contributed by atoms with Crippen LogP contribution in [-0.2, 0) is 0 Å². The van der Waals surface area contributed by atoms with Crippen molar-refractivity contribution in [3.63, 3.8) is 0 Å². The van der Waals surface area contributed by atoms with Gasteiger partial charge in [-0.3, -0.25) is 4.79 Å². The van der Waals surface area contributed by atoms with E-state index in [2.05, 4.69) is 23.8 Å². The molecule has 1 aliphatic carbocycles. The largest absolute Gasteiger partial charge is 0.382 e. The summed E-state index contributed by atoms with van der Waals surface area (Å²) in [5.41, 5.74) is 15.3. The van der Waals surface area contributed by atoms with E-state index in [9.17, 15) is 4.79 Å². The third-order valence-corrected chi connectivity index (χ3v) is 4.01. The molecule has 1 saturated carbocycles. The van der Waals surface area contributed by atoms with E-state index in [1.807, 2.05) is 0 Å². The van der Waals surface area contributed by atoms with Gasteiger partial charge in [-0.1, -0.05) is 57.6 Å². The predicted molar refractivity (Wildman–Crippen MR) is 85.8 cm³/mol. The normalized spacial score (nSPS) is 15.4. The number of aromatic nitrogens is 2. The van der Waals surface area contributed by atoms with Crippen molar-refractivity contribution in [1.29, 1.82) is 0 Å². The fourth-order valence-electron chi connectivity index (χ4n) is 2.42. The molecule has 1 fully saturated rings. The van der Waals surface area contributed by atoms with Gasteiger partial charge in [-0.25, -0.2) is 9.97 Å². The second kappa shape index (κ2) is 8.02. The van der Waals surface area contributed by atoms with Gasteiger partial charge < -0.3 is 17.2 Å². The Morgan fingerprint density at radius 3 is 2.14 bits per heavy atom. The fourth-order valence-corrected chi connectivity index (χ4v) is 2.55. The standard InChI is InChI=1S/C9H18.C5H6ClN5O/c1-8(2)9-6-4-3-5-7-9;6-2-4(8)11-3(7)1(10-2)5(9)12/h8-9H,3-7H2,1-2H3;(H2,9,12)(H4,7,8,11). The maximum Gasteiger partial charge on any atom is 0.271 e. The Morgan fingerprint density at radius 1 is 1.14 bits per heavy atom. The smallest absolute Gasteiger partial charge is 0.271 e. The number of halogens is 1. The number of carbonyl (C=O) groups excluding carboxylic acids is 1. The van der Waals surface area contributed by atoms with Crippen molar-refractivity contribution >= 4 is 29.1 Å². The topological polar surface area (TPSA) is 121 Å². The average Bonchev–Trinajstić information content (AvgIpc) is 2.44. The first kappa shape index (κ1) is 17.5. The molecule has 0 saturated heterocycles. The van der Waals surface area contributed by atoms with E-state index in [0.29, 0.717) is 0 Å². The minimum absolute atomic E-state index is 0.0285. The number of amides is 1. The van der Waals surface area contributed by atoms with Crippen molar-refractivity contribution in [3.05, 3.63) is 10.8 Å². The lowest BCUT2D eigenvalue weighted by Crippen LogP contribution is -2.17. The lowest BCUT2D eigenvalue weighted by atomic mass is 9.82. The lowest BCUT2D eigenvalue weighted by Gasteiger charge is -2.24. The highest BCUT2D eigenvalue weighted by molar-refractivity contribution is 6.31. The molecule has 0 aliphatic heterocycles. The third kappa shape index (κ3) is 5.38. The Kier molecular flexibility index (Phi) is 6.68. The van der Waals surface area contributed by atoms with Crippen molar-refractivity contribution < 1.29 is 4.79 Å². The van der Waals surface area contributed by atoms with Crippen LogP contribution in [0.2, 0.25) is 5.15 Å². The summed E-state index contributed by atoms with van der Waals surface area (Å²) in [5, 5.41) is -0.0852. The molecule has 1 aromatic heterocycles.